The Bertz CT molecular complexity index is 528. The minimum Gasteiger partial charge on any atom is -0.310 e. The third-order valence-electron chi connectivity index (χ3n) is 3.90. The molecule has 1 N–H and O–H groups in total. The van der Waals surface area contributed by atoms with Gasteiger partial charge in [0.2, 0.25) is 0 Å². The van der Waals surface area contributed by atoms with Crippen molar-refractivity contribution in [2.75, 3.05) is 18.1 Å². The van der Waals surface area contributed by atoms with Crippen molar-refractivity contribution in [1.82, 2.24) is 5.32 Å². The fraction of sp³-hybridized carbons (Fsp3) is 0.500. The second kappa shape index (κ2) is 6.29. The standard InChI is InChI=1S/C16H21NS2/c1-2-8-17-15(13-6-9-18-11-13)14-5-3-4-12-7-10-19-16(12)14/h3-5,7,10,13,15,17H,2,6,8-9,11H2,1H3. The van der Waals surface area contributed by atoms with Gasteiger partial charge in [-0.3, -0.25) is 0 Å². The molecule has 2 unspecified atom stereocenters. The van der Waals surface area contributed by atoms with Crippen LogP contribution in [0.1, 0.15) is 31.4 Å². The Kier molecular flexibility index (Phi) is 4.46. The lowest BCUT2D eigenvalue weighted by molar-refractivity contribution is 0.396. The number of nitrogens with one attached hydrogen (secondary N) is 1. The summed E-state index contributed by atoms with van der Waals surface area (Å²) in [5.74, 6) is 3.43. The van der Waals surface area contributed by atoms with Crippen molar-refractivity contribution >= 4 is 33.2 Å². The Hall–Kier alpha value is -0.510. The summed E-state index contributed by atoms with van der Waals surface area (Å²) >= 11 is 4.00. The van der Waals surface area contributed by atoms with E-state index in [1.54, 1.807) is 0 Å². The van der Waals surface area contributed by atoms with E-state index in [4.69, 9.17) is 0 Å². The lowest BCUT2D eigenvalue weighted by Gasteiger charge is -2.25. The van der Waals surface area contributed by atoms with E-state index < -0.39 is 0 Å². The van der Waals surface area contributed by atoms with Gasteiger partial charge in [0.1, 0.15) is 0 Å². The second-order valence-corrected chi connectivity index (χ2v) is 7.31. The Morgan fingerprint density at radius 1 is 1.37 bits per heavy atom. The lowest BCUT2D eigenvalue weighted by atomic mass is 9.91. The fourth-order valence-electron chi connectivity index (χ4n) is 2.91. The number of thiophene rings is 1. The van der Waals surface area contributed by atoms with Gasteiger partial charge < -0.3 is 5.32 Å². The molecule has 1 aliphatic heterocycles. The molecular formula is C16H21NS2. The summed E-state index contributed by atoms with van der Waals surface area (Å²) in [6.07, 6.45) is 2.56. The molecule has 0 aliphatic carbocycles. The van der Waals surface area contributed by atoms with Crippen LogP contribution in [0.15, 0.2) is 29.6 Å². The molecule has 0 amide bonds. The quantitative estimate of drug-likeness (QED) is 0.857. The van der Waals surface area contributed by atoms with Crippen LogP contribution in [0.2, 0.25) is 0 Å². The molecule has 0 radical (unpaired) electrons. The highest BCUT2D eigenvalue weighted by molar-refractivity contribution is 7.99. The van der Waals surface area contributed by atoms with Crippen LogP contribution in [-0.4, -0.2) is 18.1 Å². The topological polar surface area (TPSA) is 12.0 Å². The highest BCUT2D eigenvalue weighted by Crippen LogP contribution is 2.38. The number of hydrogen-bond donors (Lipinski definition) is 1. The molecule has 0 bridgehead atoms. The van der Waals surface area contributed by atoms with Gasteiger partial charge in [-0.2, -0.15) is 11.8 Å². The van der Waals surface area contributed by atoms with E-state index in [0.717, 1.165) is 12.5 Å². The Morgan fingerprint density at radius 3 is 3.11 bits per heavy atom. The van der Waals surface area contributed by atoms with Gasteiger partial charge in [0.15, 0.2) is 0 Å². The van der Waals surface area contributed by atoms with Gasteiger partial charge in [-0.1, -0.05) is 25.1 Å². The Morgan fingerprint density at radius 2 is 2.32 bits per heavy atom. The van der Waals surface area contributed by atoms with Gasteiger partial charge in [0, 0.05) is 10.7 Å². The van der Waals surface area contributed by atoms with E-state index in [0.29, 0.717) is 6.04 Å². The molecule has 1 aromatic carbocycles. The van der Waals surface area contributed by atoms with Crippen LogP contribution in [0.3, 0.4) is 0 Å². The smallest absolute Gasteiger partial charge is 0.0390 e. The lowest BCUT2D eigenvalue weighted by Crippen LogP contribution is -2.29. The first-order chi connectivity index (χ1) is 9.40. The van der Waals surface area contributed by atoms with E-state index in [1.807, 2.05) is 11.3 Å². The summed E-state index contributed by atoms with van der Waals surface area (Å²) in [5, 5.41) is 7.42. The molecule has 3 rings (SSSR count). The van der Waals surface area contributed by atoms with Gasteiger partial charge in [0.25, 0.3) is 0 Å². The summed E-state index contributed by atoms with van der Waals surface area (Å²) in [5.41, 5.74) is 1.52. The van der Waals surface area contributed by atoms with E-state index in [1.165, 1.54) is 40.0 Å². The van der Waals surface area contributed by atoms with Gasteiger partial charge >= 0.3 is 0 Å². The fourth-order valence-corrected chi connectivity index (χ4v) is 5.16. The summed E-state index contributed by atoms with van der Waals surface area (Å²) in [6.45, 7) is 3.37. The monoisotopic (exact) mass is 291 g/mol. The van der Waals surface area contributed by atoms with Crippen molar-refractivity contribution in [2.45, 2.75) is 25.8 Å². The number of rotatable bonds is 5. The van der Waals surface area contributed by atoms with E-state index >= 15 is 0 Å². The second-order valence-electron chi connectivity index (χ2n) is 5.24. The van der Waals surface area contributed by atoms with Crippen LogP contribution < -0.4 is 5.32 Å². The van der Waals surface area contributed by atoms with Gasteiger partial charge in [-0.05, 0) is 59.2 Å². The molecule has 2 atom stereocenters. The predicted molar refractivity (Wildman–Crippen MR) is 88.3 cm³/mol. The van der Waals surface area contributed by atoms with Crippen LogP contribution in [0.25, 0.3) is 10.1 Å². The van der Waals surface area contributed by atoms with Gasteiger partial charge in [-0.15, -0.1) is 11.3 Å². The molecule has 102 valence electrons. The largest absolute Gasteiger partial charge is 0.310 e. The Balaban J connectivity index is 1.95. The van der Waals surface area contributed by atoms with Crippen molar-refractivity contribution in [3.8, 4) is 0 Å². The Labute approximate surface area is 123 Å². The highest BCUT2D eigenvalue weighted by atomic mass is 32.2. The van der Waals surface area contributed by atoms with E-state index in [-0.39, 0.29) is 0 Å². The van der Waals surface area contributed by atoms with Crippen LogP contribution >= 0.6 is 23.1 Å². The average Bonchev–Trinajstić information content (AvgIpc) is 3.10. The average molecular weight is 291 g/mol. The normalized spacial score (nSPS) is 21.0. The molecule has 19 heavy (non-hydrogen) atoms. The van der Waals surface area contributed by atoms with Crippen molar-refractivity contribution in [3.63, 3.8) is 0 Å². The zero-order valence-corrected chi connectivity index (χ0v) is 13.0. The van der Waals surface area contributed by atoms with Gasteiger partial charge in [-0.25, -0.2) is 0 Å². The molecule has 2 heterocycles. The van der Waals surface area contributed by atoms with Crippen LogP contribution in [0.5, 0.6) is 0 Å². The summed E-state index contributed by atoms with van der Waals surface area (Å²) in [4.78, 5) is 0. The number of fused-ring (bicyclic) bond motifs is 1. The van der Waals surface area contributed by atoms with Crippen LogP contribution in [-0.2, 0) is 0 Å². The molecule has 0 saturated carbocycles. The zero-order valence-electron chi connectivity index (χ0n) is 11.4. The molecule has 2 aromatic rings. The predicted octanol–water partition coefficient (Wildman–Crippen LogP) is 4.70. The summed E-state index contributed by atoms with van der Waals surface area (Å²) < 4.78 is 1.48. The van der Waals surface area contributed by atoms with Gasteiger partial charge in [0.05, 0.1) is 0 Å². The molecule has 0 spiro atoms. The molecule has 1 fully saturated rings. The first kappa shape index (κ1) is 13.5. The molecule has 1 saturated heterocycles. The first-order valence-corrected chi connectivity index (χ1v) is 9.21. The third kappa shape index (κ3) is 2.83. The van der Waals surface area contributed by atoms with Crippen molar-refractivity contribution in [2.24, 2.45) is 5.92 Å². The molecule has 1 nitrogen and oxygen atoms in total. The maximum atomic E-state index is 3.80. The minimum absolute atomic E-state index is 0.539. The third-order valence-corrected chi connectivity index (χ3v) is 6.06. The number of hydrogen-bond acceptors (Lipinski definition) is 3. The van der Waals surface area contributed by atoms with Crippen molar-refractivity contribution in [3.05, 3.63) is 35.2 Å². The molecule has 1 aromatic heterocycles. The SMILES string of the molecule is CCCNC(c1cccc2ccsc12)C1CCSC1. The minimum atomic E-state index is 0.539. The van der Waals surface area contributed by atoms with Crippen LogP contribution in [0.4, 0.5) is 0 Å². The van der Waals surface area contributed by atoms with Crippen molar-refractivity contribution in [1.29, 1.82) is 0 Å². The molecule has 3 heteroatoms. The highest BCUT2D eigenvalue weighted by Gasteiger charge is 2.27. The maximum absolute atomic E-state index is 3.80. The van der Waals surface area contributed by atoms with E-state index in [9.17, 15) is 0 Å². The van der Waals surface area contributed by atoms with Crippen LogP contribution in [0, 0.1) is 5.92 Å². The summed E-state index contributed by atoms with van der Waals surface area (Å²) in [6, 6.07) is 9.55. The molecular weight excluding hydrogens is 270 g/mol. The maximum Gasteiger partial charge on any atom is 0.0390 e. The number of thioether (sulfide) groups is 1. The van der Waals surface area contributed by atoms with E-state index in [2.05, 4.69) is 53.6 Å². The number of benzene rings is 1. The zero-order chi connectivity index (χ0) is 13.1. The first-order valence-electron chi connectivity index (χ1n) is 7.17. The molecule has 1 aliphatic rings. The van der Waals surface area contributed by atoms with Crippen molar-refractivity contribution < 1.29 is 0 Å². The summed E-state index contributed by atoms with van der Waals surface area (Å²) in [7, 11) is 0.